The molecule has 0 saturated heterocycles. The Labute approximate surface area is 116 Å². The summed E-state index contributed by atoms with van der Waals surface area (Å²) in [5.41, 5.74) is 0.843. The van der Waals surface area contributed by atoms with Crippen LogP contribution in [0.2, 0.25) is 5.02 Å². The molecule has 0 spiro atoms. The molecule has 18 heavy (non-hydrogen) atoms. The molecule has 1 aliphatic heterocycles. The lowest BCUT2D eigenvalue weighted by atomic mass is 10.1. The minimum atomic E-state index is -0.302. The summed E-state index contributed by atoms with van der Waals surface area (Å²) in [6.07, 6.45) is 1.45. The lowest BCUT2D eigenvalue weighted by Crippen LogP contribution is -2.27. The number of nitrogens with zero attached hydrogens (tertiary/aromatic N) is 3. The van der Waals surface area contributed by atoms with E-state index in [0.717, 1.165) is 5.56 Å². The maximum Gasteiger partial charge on any atom is 0.218 e. The molecular weight excluding hydrogens is 270 g/mol. The van der Waals surface area contributed by atoms with Crippen LogP contribution in [0.1, 0.15) is 11.7 Å². The fraction of sp³-hybridized carbons (Fsp3) is 0.250. The zero-order valence-corrected chi connectivity index (χ0v) is 11.4. The van der Waals surface area contributed by atoms with Crippen molar-refractivity contribution in [3.63, 3.8) is 0 Å². The fourth-order valence-corrected chi connectivity index (χ4v) is 2.18. The van der Waals surface area contributed by atoms with Gasteiger partial charge in [0.1, 0.15) is 5.75 Å². The number of benzene rings is 1. The number of thiocarbonyl (C=S) groups is 1. The van der Waals surface area contributed by atoms with Gasteiger partial charge in [0.25, 0.3) is 0 Å². The van der Waals surface area contributed by atoms with E-state index in [0.29, 0.717) is 22.4 Å². The smallest absolute Gasteiger partial charge is 0.218 e. The van der Waals surface area contributed by atoms with E-state index in [2.05, 4.69) is 16.8 Å². The van der Waals surface area contributed by atoms with Gasteiger partial charge in [0.2, 0.25) is 5.11 Å². The third kappa shape index (κ3) is 2.37. The Morgan fingerprint density at radius 2 is 2.39 bits per heavy atom. The lowest BCUT2D eigenvalue weighted by molar-refractivity contribution is 0.353. The average Bonchev–Trinajstić information content (AvgIpc) is 2.72. The van der Waals surface area contributed by atoms with E-state index >= 15 is 0 Å². The summed E-state index contributed by atoms with van der Waals surface area (Å²) in [6, 6.07) is 5.39. The van der Waals surface area contributed by atoms with Crippen LogP contribution in [0.25, 0.3) is 0 Å². The maximum atomic E-state index is 6.01. The highest BCUT2D eigenvalue weighted by atomic mass is 35.5. The zero-order valence-electron chi connectivity index (χ0n) is 9.84. The lowest BCUT2D eigenvalue weighted by Gasteiger charge is -2.23. The minimum Gasteiger partial charge on any atom is -0.496 e. The van der Waals surface area contributed by atoms with Crippen LogP contribution in [0.4, 0.5) is 0 Å². The van der Waals surface area contributed by atoms with Gasteiger partial charge in [-0.05, 0) is 30.4 Å². The van der Waals surface area contributed by atoms with Crippen LogP contribution in [0.3, 0.4) is 0 Å². The third-order valence-corrected chi connectivity index (χ3v) is 3.14. The van der Waals surface area contributed by atoms with Crippen LogP contribution in [-0.2, 0) is 0 Å². The molecule has 6 heteroatoms. The highest BCUT2D eigenvalue weighted by molar-refractivity contribution is 7.80. The van der Waals surface area contributed by atoms with Gasteiger partial charge in [0, 0.05) is 17.1 Å². The molecular formula is C12H12ClN3OS. The first-order chi connectivity index (χ1) is 8.67. The van der Waals surface area contributed by atoms with Crippen LogP contribution in [-0.4, -0.2) is 23.7 Å². The summed E-state index contributed by atoms with van der Waals surface area (Å²) in [7, 11) is 1.61. The first kappa shape index (κ1) is 13.0. The number of halogens is 1. The van der Waals surface area contributed by atoms with E-state index < -0.39 is 0 Å². The van der Waals surface area contributed by atoms with E-state index in [9.17, 15) is 0 Å². The second-order valence-corrected chi connectivity index (χ2v) is 4.50. The van der Waals surface area contributed by atoms with E-state index in [1.165, 1.54) is 0 Å². The first-order valence-electron chi connectivity index (χ1n) is 5.33. The van der Waals surface area contributed by atoms with Gasteiger partial charge in [-0.15, -0.1) is 11.7 Å². The van der Waals surface area contributed by atoms with Gasteiger partial charge in [-0.25, -0.2) is 0 Å². The quantitative estimate of drug-likeness (QED) is 0.625. The molecule has 0 radical (unpaired) electrons. The fourth-order valence-electron chi connectivity index (χ4n) is 1.78. The van der Waals surface area contributed by atoms with Crippen LogP contribution in [0, 0.1) is 0 Å². The Morgan fingerprint density at radius 3 is 3.06 bits per heavy atom. The van der Waals surface area contributed by atoms with Gasteiger partial charge in [0.15, 0.2) is 6.17 Å². The molecule has 0 aliphatic carbocycles. The first-order valence-corrected chi connectivity index (χ1v) is 6.11. The molecule has 0 fully saturated rings. The van der Waals surface area contributed by atoms with Crippen LogP contribution < -0.4 is 4.74 Å². The van der Waals surface area contributed by atoms with Crippen molar-refractivity contribution in [2.45, 2.75) is 6.17 Å². The molecule has 4 nitrogen and oxygen atoms in total. The van der Waals surface area contributed by atoms with Gasteiger partial charge in [-0.2, -0.15) is 5.11 Å². The summed E-state index contributed by atoms with van der Waals surface area (Å²) in [6.45, 7) is 4.28. The number of azo groups is 1. The van der Waals surface area contributed by atoms with Gasteiger partial charge in [-0.3, -0.25) is 0 Å². The van der Waals surface area contributed by atoms with E-state index in [1.807, 2.05) is 11.0 Å². The standard InChI is InChI=1S/C12H12ClN3OS/c1-3-6-16-11(14-15-12(16)18)9-7-8(13)4-5-10(9)17-2/h3-5,7,11H,1,6H2,2H3. The van der Waals surface area contributed by atoms with Crippen LogP contribution >= 0.6 is 23.8 Å². The number of methoxy groups -OCH3 is 1. The Hall–Kier alpha value is -1.46. The Bertz CT molecular complexity index is 518. The minimum absolute atomic E-state index is 0.302. The molecule has 1 aliphatic rings. The van der Waals surface area contributed by atoms with Gasteiger partial charge >= 0.3 is 0 Å². The molecule has 0 aromatic heterocycles. The van der Waals surface area contributed by atoms with Crippen molar-refractivity contribution in [1.82, 2.24) is 4.90 Å². The molecule has 1 unspecified atom stereocenters. The molecule has 2 rings (SSSR count). The summed E-state index contributed by atoms with van der Waals surface area (Å²) >= 11 is 11.2. The number of rotatable bonds is 4. The molecule has 1 atom stereocenters. The van der Waals surface area contributed by atoms with Crippen molar-refractivity contribution in [2.75, 3.05) is 13.7 Å². The molecule has 1 aromatic rings. The Balaban J connectivity index is 2.41. The molecule has 1 aromatic carbocycles. The third-order valence-electron chi connectivity index (χ3n) is 2.59. The molecule has 0 saturated carbocycles. The monoisotopic (exact) mass is 281 g/mol. The topological polar surface area (TPSA) is 37.2 Å². The Morgan fingerprint density at radius 1 is 1.61 bits per heavy atom. The number of ether oxygens (including phenoxy) is 1. The molecule has 0 amide bonds. The SMILES string of the molecule is C=CCN1C(=S)N=NC1c1cc(Cl)ccc1OC. The second kappa shape index (κ2) is 5.46. The molecule has 94 valence electrons. The zero-order chi connectivity index (χ0) is 13.1. The molecule has 1 heterocycles. The number of hydrogen-bond acceptors (Lipinski definition) is 3. The normalized spacial score (nSPS) is 18.2. The predicted molar refractivity (Wildman–Crippen MR) is 75.1 cm³/mol. The van der Waals surface area contributed by atoms with E-state index in [1.54, 1.807) is 25.3 Å². The van der Waals surface area contributed by atoms with Crippen LogP contribution in [0.5, 0.6) is 5.75 Å². The maximum absolute atomic E-state index is 6.01. The summed E-state index contributed by atoms with van der Waals surface area (Å²) in [5, 5.41) is 9.16. The van der Waals surface area contributed by atoms with Crippen molar-refractivity contribution in [1.29, 1.82) is 0 Å². The van der Waals surface area contributed by atoms with Crippen molar-refractivity contribution >= 4 is 28.9 Å². The highest BCUT2D eigenvalue weighted by Crippen LogP contribution is 2.36. The van der Waals surface area contributed by atoms with Gasteiger partial charge in [-0.1, -0.05) is 17.7 Å². The van der Waals surface area contributed by atoms with Crippen LogP contribution in [0.15, 0.2) is 41.1 Å². The molecule has 0 N–H and O–H groups in total. The number of hydrogen-bond donors (Lipinski definition) is 0. The molecule has 0 bridgehead atoms. The van der Waals surface area contributed by atoms with Gasteiger partial charge < -0.3 is 9.64 Å². The van der Waals surface area contributed by atoms with Crippen molar-refractivity contribution in [3.8, 4) is 5.75 Å². The average molecular weight is 282 g/mol. The summed E-state index contributed by atoms with van der Waals surface area (Å²) < 4.78 is 5.32. The van der Waals surface area contributed by atoms with Crippen molar-refractivity contribution < 1.29 is 4.74 Å². The largest absolute Gasteiger partial charge is 0.496 e. The second-order valence-electron chi connectivity index (χ2n) is 3.70. The predicted octanol–water partition coefficient (Wildman–Crippen LogP) is 3.59. The van der Waals surface area contributed by atoms with E-state index in [4.69, 9.17) is 28.6 Å². The van der Waals surface area contributed by atoms with Crippen molar-refractivity contribution in [3.05, 3.63) is 41.4 Å². The van der Waals surface area contributed by atoms with Crippen molar-refractivity contribution in [2.24, 2.45) is 10.2 Å². The van der Waals surface area contributed by atoms with E-state index in [-0.39, 0.29) is 6.17 Å². The Kier molecular flexibility index (Phi) is 3.93. The summed E-state index contributed by atoms with van der Waals surface area (Å²) in [4.78, 5) is 1.86. The van der Waals surface area contributed by atoms with Gasteiger partial charge in [0.05, 0.1) is 7.11 Å². The highest BCUT2D eigenvalue weighted by Gasteiger charge is 2.29. The summed E-state index contributed by atoms with van der Waals surface area (Å²) in [5.74, 6) is 0.710.